The van der Waals surface area contributed by atoms with Gasteiger partial charge in [0.25, 0.3) is 0 Å². The van der Waals surface area contributed by atoms with Crippen LogP contribution in [-0.2, 0) is 0 Å². The van der Waals surface area contributed by atoms with Gasteiger partial charge in [-0.15, -0.1) is 0 Å². The highest BCUT2D eigenvalue weighted by Gasteiger charge is 2.16. The van der Waals surface area contributed by atoms with Gasteiger partial charge < -0.3 is 0 Å². The first-order valence-corrected chi connectivity index (χ1v) is 6.04. The minimum absolute atomic E-state index is 0.0232. The maximum atomic E-state index is 13.3. The van der Waals surface area contributed by atoms with E-state index in [1.807, 2.05) is 0 Å². The lowest BCUT2D eigenvalue weighted by Gasteiger charge is -2.07. The maximum Gasteiger partial charge on any atom is 0.194 e. The third kappa shape index (κ3) is 2.82. The highest BCUT2D eigenvalue weighted by atomic mass is 35.5. The van der Waals surface area contributed by atoms with Crippen LogP contribution in [0.15, 0.2) is 30.3 Å². The minimum Gasteiger partial charge on any atom is -0.289 e. The molecule has 2 rings (SSSR count). The predicted molar refractivity (Wildman–Crippen MR) is 70.7 cm³/mol. The normalized spacial score (nSPS) is 10.6. The van der Waals surface area contributed by atoms with E-state index in [9.17, 15) is 13.6 Å². The number of rotatable bonds is 2. The zero-order chi connectivity index (χ0) is 14.2. The van der Waals surface area contributed by atoms with Gasteiger partial charge in [-0.1, -0.05) is 11.6 Å². The Morgan fingerprint density at radius 2 is 1.74 bits per heavy atom. The molecule has 0 N–H and O–H groups in total. The first kappa shape index (κ1) is 13.7. The molecule has 0 amide bonds. The maximum absolute atomic E-state index is 13.3. The summed E-state index contributed by atoms with van der Waals surface area (Å²) in [5, 5.41) is 0.0232. The van der Waals surface area contributed by atoms with Crippen molar-refractivity contribution in [2.24, 2.45) is 0 Å². The molecule has 0 fully saturated rings. The number of halogens is 3. The molecular formula is C15H11ClF2O. The van der Waals surface area contributed by atoms with Crippen molar-refractivity contribution in [3.63, 3.8) is 0 Å². The van der Waals surface area contributed by atoms with Crippen LogP contribution in [0.3, 0.4) is 0 Å². The molecule has 0 radical (unpaired) electrons. The molecule has 0 aliphatic rings. The summed E-state index contributed by atoms with van der Waals surface area (Å²) in [7, 11) is 0. The molecule has 2 aromatic carbocycles. The lowest BCUT2D eigenvalue weighted by Crippen LogP contribution is -2.04. The van der Waals surface area contributed by atoms with Crippen molar-refractivity contribution in [2.45, 2.75) is 13.8 Å². The monoisotopic (exact) mass is 280 g/mol. The highest BCUT2D eigenvalue weighted by Crippen LogP contribution is 2.24. The molecule has 0 bridgehead atoms. The topological polar surface area (TPSA) is 17.1 Å². The van der Waals surface area contributed by atoms with E-state index in [4.69, 9.17) is 11.6 Å². The van der Waals surface area contributed by atoms with E-state index in [1.165, 1.54) is 12.1 Å². The number of carbonyl (C=O) groups is 1. The molecule has 0 spiro atoms. The van der Waals surface area contributed by atoms with E-state index >= 15 is 0 Å². The van der Waals surface area contributed by atoms with E-state index in [0.717, 1.165) is 12.1 Å². The standard InChI is InChI=1S/C15H11ClF2O/c1-8-3-10(6-11(17)4-8)15(19)12-5-9(2)14(18)7-13(12)16/h3-7H,1-2H3. The quantitative estimate of drug-likeness (QED) is 0.742. The third-order valence-electron chi connectivity index (χ3n) is 2.80. The molecule has 0 atom stereocenters. The fourth-order valence-electron chi connectivity index (χ4n) is 1.85. The van der Waals surface area contributed by atoms with Gasteiger partial charge in [0.15, 0.2) is 5.78 Å². The molecule has 0 saturated heterocycles. The Balaban J connectivity index is 2.53. The van der Waals surface area contributed by atoms with E-state index < -0.39 is 17.4 Å². The smallest absolute Gasteiger partial charge is 0.194 e. The summed E-state index contributed by atoms with van der Waals surface area (Å²) < 4.78 is 26.6. The van der Waals surface area contributed by atoms with Crippen molar-refractivity contribution >= 4 is 17.4 Å². The molecule has 0 saturated carbocycles. The van der Waals surface area contributed by atoms with Crippen LogP contribution in [-0.4, -0.2) is 5.78 Å². The predicted octanol–water partition coefficient (Wildman–Crippen LogP) is 4.47. The summed E-state index contributed by atoms with van der Waals surface area (Å²) in [6.07, 6.45) is 0. The van der Waals surface area contributed by atoms with Gasteiger partial charge in [0.2, 0.25) is 0 Å². The molecule has 1 nitrogen and oxygen atoms in total. The number of aryl methyl sites for hydroxylation is 2. The number of hydrogen-bond acceptors (Lipinski definition) is 1. The van der Waals surface area contributed by atoms with Crippen LogP contribution in [0, 0.1) is 25.5 Å². The molecular weight excluding hydrogens is 270 g/mol. The SMILES string of the molecule is Cc1cc(F)cc(C(=O)c2cc(C)c(F)cc2Cl)c1. The van der Waals surface area contributed by atoms with Gasteiger partial charge in [-0.05, 0) is 55.3 Å². The number of benzene rings is 2. The highest BCUT2D eigenvalue weighted by molar-refractivity contribution is 6.35. The Morgan fingerprint density at radius 3 is 2.37 bits per heavy atom. The van der Waals surface area contributed by atoms with Gasteiger partial charge in [0, 0.05) is 11.1 Å². The summed E-state index contributed by atoms with van der Waals surface area (Å²) in [5.41, 5.74) is 1.33. The third-order valence-corrected chi connectivity index (χ3v) is 3.11. The van der Waals surface area contributed by atoms with Crippen molar-refractivity contribution in [3.05, 3.63) is 69.2 Å². The fourth-order valence-corrected chi connectivity index (χ4v) is 2.09. The lowest BCUT2D eigenvalue weighted by atomic mass is 10.00. The van der Waals surface area contributed by atoms with Gasteiger partial charge in [-0.2, -0.15) is 0 Å². The van der Waals surface area contributed by atoms with E-state index in [2.05, 4.69) is 0 Å². The summed E-state index contributed by atoms with van der Waals surface area (Å²) >= 11 is 5.87. The van der Waals surface area contributed by atoms with Gasteiger partial charge in [0.05, 0.1) is 5.02 Å². The summed E-state index contributed by atoms with van der Waals surface area (Å²) in [4.78, 5) is 12.3. The van der Waals surface area contributed by atoms with Gasteiger partial charge in [-0.3, -0.25) is 4.79 Å². The first-order chi connectivity index (χ1) is 8.88. The average Bonchev–Trinajstić information content (AvgIpc) is 2.31. The molecule has 2 aromatic rings. The van der Waals surface area contributed by atoms with Gasteiger partial charge >= 0.3 is 0 Å². The minimum atomic E-state index is -0.488. The van der Waals surface area contributed by atoms with Crippen molar-refractivity contribution < 1.29 is 13.6 Å². The van der Waals surface area contributed by atoms with Crippen LogP contribution in [0.4, 0.5) is 8.78 Å². The molecule has 0 aromatic heterocycles. The van der Waals surface area contributed by atoms with Crippen LogP contribution in [0.2, 0.25) is 5.02 Å². The van der Waals surface area contributed by atoms with Gasteiger partial charge in [-0.25, -0.2) is 8.78 Å². The molecule has 0 unspecified atom stereocenters. The Bertz CT molecular complexity index is 645. The molecule has 0 aliphatic carbocycles. The van der Waals surface area contributed by atoms with Crippen LogP contribution in [0.1, 0.15) is 27.0 Å². The Labute approximate surface area is 114 Å². The second-order valence-electron chi connectivity index (χ2n) is 4.43. The zero-order valence-corrected chi connectivity index (χ0v) is 11.2. The fraction of sp³-hybridized carbons (Fsp3) is 0.133. The summed E-state index contributed by atoms with van der Waals surface area (Å²) in [6, 6.07) is 6.51. The summed E-state index contributed by atoms with van der Waals surface area (Å²) in [5.74, 6) is -1.38. The lowest BCUT2D eigenvalue weighted by molar-refractivity contribution is 0.103. The van der Waals surface area contributed by atoms with E-state index in [1.54, 1.807) is 19.9 Å². The Kier molecular flexibility index (Phi) is 3.67. The van der Waals surface area contributed by atoms with Crippen molar-refractivity contribution in [1.29, 1.82) is 0 Å². The second-order valence-corrected chi connectivity index (χ2v) is 4.83. The van der Waals surface area contributed by atoms with Crippen LogP contribution in [0.5, 0.6) is 0 Å². The molecule has 4 heteroatoms. The number of ketones is 1. The van der Waals surface area contributed by atoms with Gasteiger partial charge in [0.1, 0.15) is 11.6 Å². The Hall–Kier alpha value is -1.74. The van der Waals surface area contributed by atoms with E-state index in [0.29, 0.717) is 11.1 Å². The molecule has 98 valence electrons. The molecule has 19 heavy (non-hydrogen) atoms. The second kappa shape index (κ2) is 5.10. The Morgan fingerprint density at radius 1 is 1.05 bits per heavy atom. The summed E-state index contributed by atoms with van der Waals surface area (Å²) in [6.45, 7) is 3.23. The van der Waals surface area contributed by atoms with Crippen LogP contribution in [0.25, 0.3) is 0 Å². The zero-order valence-electron chi connectivity index (χ0n) is 10.4. The van der Waals surface area contributed by atoms with E-state index in [-0.39, 0.29) is 16.1 Å². The van der Waals surface area contributed by atoms with Crippen LogP contribution < -0.4 is 0 Å². The number of hydrogen-bond donors (Lipinski definition) is 0. The number of carbonyl (C=O) groups excluding carboxylic acids is 1. The molecule has 0 aliphatic heterocycles. The van der Waals surface area contributed by atoms with Crippen molar-refractivity contribution in [1.82, 2.24) is 0 Å². The average molecular weight is 281 g/mol. The largest absolute Gasteiger partial charge is 0.289 e. The first-order valence-electron chi connectivity index (χ1n) is 5.66. The van der Waals surface area contributed by atoms with Crippen LogP contribution >= 0.6 is 11.6 Å². The van der Waals surface area contributed by atoms with Crippen molar-refractivity contribution in [3.8, 4) is 0 Å². The molecule has 0 heterocycles. The van der Waals surface area contributed by atoms with Crippen molar-refractivity contribution in [2.75, 3.05) is 0 Å².